The van der Waals surface area contributed by atoms with Crippen molar-refractivity contribution in [1.29, 1.82) is 0 Å². The van der Waals surface area contributed by atoms with Crippen molar-refractivity contribution in [2.75, 3.05) is 39.3 Å². The second-order valence-corrected chi connectivity index (χ2v) is 7.73. The predicted octanol–water partition coefficient (Wildman–Crippen LogP) is 1.82. The van der Waals surface area contributed by atoms with Crippen molar-refractivity contribution in [2.45, 2.75) is 38.6 Å². The Morgan fingerprint density at radius 3 is 2.97 bits per heavy atom. The van der Waals surface area contributed by atoms with E-state index in [9.17, 15) is 0 Å². The maximum Gasteiger partial charge on any atom is 0.194 e. The van der Waals surface area contributed by atoms with Crippen LogP contribution in [0.5, 0.6) is 0 Å². The van der Waals surface area contributed by atoms with Gasteiger partial charge in [-0.25, -0.2) is 4.98 Å². The Hall–Kier alpha value is -2.38. The average Bonchev–Trinajstić information content (AvgIpc) is 3.41. The highest BCUT2D eigenvalue weighted by Gasteiger charge is 2.41. The molecule has 0 aliphatic carbocycles. The van der Waals surface area contributed by atoms with Crippen molar-refractivity contribution in [2.24, 2.45) is 4.99 Å². The number of hydrogen-bond acceptors (Lipinski definition) is 4. The van der Waals surface area contributed by atoms with Crippen molar-refractivity contribution >= 4 is 5.96 Å². The number of nitrogens with one attached hydrogen (secondary N) is 1. The lowest BCUT2D eigenvalue weighted by molar-refractivity contribution is -0.0502. The predicted molar refractivity (Wildman–Crippen MR) is 115 cm³/mol. The van der Waals surface area contributed by atoms with Gasteiger partial charge in [-0.15, -0.1) is 0 Å². The van der Waals surface area contributed by atoms with Gasteiger partial charge in [0.15, 0.2) is 5.96 Å². The van der Waals surface area contributed by atoms with E-state index in [0.717, 1.165) is 64.8 Å². The maximum absolute atomic E-state index is 6.13. The minimum Gasteiger partial charge on any atom is -0.373 e. The minimum atomic E-state index is 0.252. The molecule has 29 heavy (non-hydrogen) atoms. The van der Waals surface area contributed by atoms with Crippen molar-refractivity contribution in [3.63, 3.8) is 0 Å². The molecule has 7 heteroatoms. The lowest BCUT2D eigenvalue weighted by Gasteiger charge is -2.36. The van der Waals surface area contributed by atoms with Crippen LogP contribution in [0.3, 0.4) is 0 Å². The molecule has 2 atom stereocenters. The normalized spacial score (nSPS) is 22.7. The number of hydrogen-bond donors (Lipinski definition) is 1. The molecule has 1 N–H and O–H groups in total. The summed E-state index contributed by atoms with van der Waals surface area (Å²) >= 11 is 0. The molecule has 2 aliphatic heterocycles. The number of rotatable bonds is 7. The van der Waals surface area contributed by atoms with Gasteiger partial charge in [0.1, 0.15) is 0 Å². The standard InChI is InChI=1S/C22H32N6O/c1-2-24-22(25-9-6-11-26-12-10-23-18-26)28-16-20-21(17-28)29-14-13-27(20)15-19-7-4-3-5-8-19/h3-5,7-8,10,12,18,20-21H,2,6,9,11,13-17H2,1H3,(H,24,25). The van der Waals surface area contributed by atoms with E-state index in [2.05, 4.69) is 61.9 Å². The molecule has 1 aromatic heterocycles. The van der Waals surface area contributed by atoms with Crippen LogP contribution in [-0.2, 0) is 17.8 Å². The molecule has 2 saturated heterocycles. The molecule has 7 nitrogen and oxygen atoms in total. The van der Waals surface area contributed by atoms with Crippen LogP contribution in [0.4, 0.5) is 0 Å². The summed E-state index contributed by atoms with van der Waals surface area (Å²) in [5.74, 6) is 1.01. The topological polar surface area (TPSA) is 57.9 Å². The first-order chi connectivity index (χ1) is 14.3. The van der Waals surface area contributed by atoms with Crippen LogP contribution in [0, 0.1) is 0 Å². The van der Waals surface area contributed by atoms with Crippen molar-refractivity contribution in [3.05, 3.63) is 54.6 Å². The van der Waals surface area contributed by atoms with E-state index in [1.807, 2.05) is 18.7 Å². The molecule has 0 spiro atoms. The first-order valence-corrected chi connectivity index (χ1v) is 10.7. The second-order valence-electron chi connectivity index (χ2n) is 7.73. The number of aromatic nitrogens is 2. The summed E-state index contributed by atoms with van der Waals surface area (Å²) in [6, 6.07) is 11.2. The number of guanidine groups is 1. The number of aliphatic imine (C=N–C) groups is 1. The summed E-state index contributed by atoms with van der Waals surface area (Å²) < 4.78 is 8.23. The summed E-state index contributed by atoms with van der Waals surface area (Å²) in [4.78, 5) is 13.9. The molecular formula is C22H32N6O. The molecule has 3 heterocycles. The summed E-state index contributed by atoms with van der Waals surface area (Å²) in [5, 5.41) is 3.48. The van der Waals surface area contributed by atoms with Crippen molar-refractivity contribution in [1.82, 2.24) is 24.7 Å². The third-order valence-corrected chi connectivity index (χ3v) is 5.67. The molecule has 0 radical (unpaired) electrons. The molecule has 2 aliphatic rings. The van der Waals surface area contributed by atoms with E-state index < -0.39 is 0 Å². The Morgan fingerprint density at radius 2 is 2.17 bits per heavy atom. The van der Waals surface area contributed by atoms with E-state index in [1.54, 1.807) is 0 Å². The van der Waals surface area contributed by atoms with Gasteiger partial charge in [-0.1, -0.05) is 30.3 Å². The number of benzene rings is 1. The Labute approximate surface area is 173 Å². The van der Waals surface area contributed by atoms with Crippen LogP contribution in [0.2, 0.25) is 0 Å². The number of fused-ring (bicyclic) bond motifs is 1. The zero-order valence-corrected chi connectivity index (χ0v) is 17.3. The van der Waals surface area contributed by atoms with Crippen molar-refractivity contribution in [3.8, 4) is 0 Å². The monoisotopic (exact) mass is 396 g/mol. The largest absolute Gasteiger partial charge is 0.373 e. The first kappa shape index (κ1) is 19.9. The summed E-state index contributed by atoms with van der Waals surface area (Å²) in [5.41, 5.74) is 1.37. The third kappa shape index (κ3) is 5.16. The van der Waals surface area contributed by atoms with Gasteiger partial charge in [0.25, 0.3) is 0 Å². The van der Waals surface area contributed by atoms with Gasteiger partial charge in [0.2, 0.25) is 0 Å². The fourth-order valence-electron chi connectivity index (χ4n) is 4.23. The van der Waals surface area contributed by atoms with E-state index in [1.165, 1.54) is 5.56 Å². The number of morpholine rings is 1. The highest BCUT2D eigenvalue weighted by molar-refractivity contribution is 5.80. The highest BCUT2D eigenvalue weighted by Crippen LogP contribution is 2.24. The lowest BCUT2D eigenvalue weighted by Crippen LogP contribution is -2.50. The first-order valence-electron chi connectivity index (χ1n) is 10.7. The van der Waals surface area contributed by atoms with Gasteiger partial charge >= 0.3 is 0 Å². The lowest BCUT2D eigenvalue weighted by atomic mass is 10.1. The molecule has 4 rings (SSSR count). The number of likely N-dealkylation sites (tertiary alicyclic amines) is 1. The number of nitrogens with zero attached hydrogens (tertiary/aromatic N) is 5. The maximum atomic E-state index is 6.13. The second kappa shape index (κ2) is 9.89. The molecule has 2 aromatic rings. The summed E-state index contributed by atoms with van der Waals surface area (Å²) in [6.07, 6.45) is 6.93. The smallest absolute Gasteiger partial charge is 0.194 e. The van der Waals surface area contributed by atoms with Gasteiger partial charge < -0.3 is 19.5 Å². The van der Waals surface area contributed by atoms with Gasteiger partial charge in [-0.05, 0) is 18.9 Å². The quantitative estimate of drug-likeness (QED) is 0.440. The van der Waals surface area contributed by atoms with E-state index in [-0.39, 0.29) is 6.10 Å². The fraction of sp³-hybridized carbons (Fsp3) is 0.545. The van der Waals surface area contributed by atoms with Gasteiger partial charge in [0.05, 0.1) is 25.1 Å². The van der Waals surface area contributed by atoms with Crippen LogP contribution >= 0.6 is 0 Å². The Bertz CT molecular complexity index is 763. The van der Waals surface area contributed by atoms with Crippen LogP contribution in [0.25, 0.3) is 0 Å². The minimum absolute atomic E-state index is 0.252. The summed E-state index contributed by atoms with van der Waals surface area (Å²) in [6.45, 7) is 9.40. The number of ether oxygens (including phenoxy) is 1. The number of imidazole rings is 1. The molecule has 156 valence electrons. The van der Waals surface area contributed by atoms with Crippen LogP contribution in [0.15, 0.2) is 54.0 Å². The van der Waals surface area contributed by atoms with E-state index >= 15 is 0 Å². The van der Waals surface area contributed by atoms with E-state index in [4.69, 9.17) is 9.73 Å². The van der Waals surface area contributed by atoms with Crippen molar-refractivity contribution < 1.29 is 4.74 Å². The molecule has 1 aromatic carbocycles. The van der Waals surface area contributed by atoms with Gasteiger partial charge in [0, 0.05) is 58.2 Å². The third-order valence-electron chi connectivity index (χ3n) is 5.67. The van der Waals surface area contributed by atoms with Gasteiger partial charge in [-0.2, -0.15) is 0 Å². The number of aryl methyl sites for hydroxylation is 1. The van der Waals surface area contributed by atoms with Crippen LogP contribution in [0.1, 0.15) is 18.9 Å². The highest BCUT2D eigenvalue weighted by atomic mass is 16.5. The van der Waals surface area contributed by atoms with Gasteiger partial charge in [-0.3, -0.25) is 9.89 Å². The molecule has 0 saturated carbocycles. The molecule has 0 bridgehead atoms. The Morgan fingerprint density at radius 1 is 1.28 bits per heavy atom. The molecule has 0 amide bonds. The molecule has 2 fully saturated rings. The van der Waals surface area contributed by atoms with Crippen LogP contribution in [-0.4, -0.2) is 76.8 Å². The Kier molecular flexibility index (Phi) is 6.79. The summed E-state index contributed by atoms with van der Waals surface area (Å²) in [7, 11) is 0. The Balaban J connectivity index is 1.36. The molecule has 2 unspecified atom stereocenters. The SMILES string of the molecule is CCNC(=NCCCn1ccnc1)N1CC2OCCN(Cc3ccccc3)C2C1. The molecular weight excluding hydrogens is 364 g/mol. The zero-order valence-electron chi connectivity index (χ0n) is 17.3. The van der Waals surface area contributed by atoms with Crippen LogP contribution < -0.4 is 5.32 Å². The zero-order chi connectivity index (χ0) is 19.9. The van der Waals surface area contributed by atoms with E-state index in [0.29, 0.717) is 6.04 Å². The fourth-order valence-corrected chi connectivity index (χ4v) is 4.23. The average molecular weight is 397 g/mol.